The van der Waals surface area contributed by atoms with Crippen molar-refractivity contribution in [2.24, 2.45) is 0 Å². The van der Waals surface area contributed by atoms with Gasteiger partial charge < -0.3 is 24.0 Å². The molecular formula is C26H30ClN3O5S. The van der Waals surface area contributed by atoms with E-state index in [1.165, 1.54) is 6.07 Å². The van der Waals surface area contributed by atoms with Crippen molar-refractivity contribution in [3.05, 3.63) is 82.9 Å². The van der Waals surface area contributed by atoms with E-state index in [9.17, 15) is 13.2 Å². The highest BCUT2D eigenvalue weighted by Gasteiger charge is 2.23. The summed E-state index contributed by atoms with van der Waals surface area (Å²) in [6, 6.07) is 18.3. The minimum Gasteiger partial charge on any atom is -0.495 e. The van der Waals surface area contributed by atoms with E-state index in [4.69, 9.17) is 20.5 Å². The normalized spacial score (nSPS) is 11.3. The van der Waals surface area contributed by atoms with Crippen LogP contribution in [0.3, 0.4) is 0 Å². The molecule has 0 bridgehead atoms. The molecule has 2 amide bonds. The molecule has 3 aromatic carbocycles. The fourth-order valence-electron chi connectivity index (χ4n) is 3.49. The monoisotopic (exact) mass is 531 g/mol. The number of halogens is 1. The quantitative estimate of drug-likeness (QED) is 0.370. The number of amides is 2. The summed E-state index contributed by atoms with van der Waals surface area (Å²) in [5.74, 6) is 0.714. The Morgan fingerprint density at radius 1 is 0.972 bits per heavy atom. The van der Waals surface area contributed by atoms with E-state index in [2.05, 4.69) is 5.32 Å². The Morgan fingerprint density at radius 2 is 1.67 bits per heavy atom. The number of carbonyl (C=O) groups excluding carboxylic acids is 1. The molecule has 10 heteroatoms. The van der Waals surface area contributed by atoms with Crippen molar-refractivity contribution in [2.75, 3.05) is 39.6 Å². The summed E-state index contributed by atoms with van der Waals surface area (Å²) in [7, 11) is 1.31. The van der Waals surface area contributed by atoms with E-state index in [0.29, 0.717) is 36.6 Å². The number of anilines is 1. The van der Waals surface area contributed by atoms with E-state index in [1.54, 1.807) is 67.5 Å². The number of urea groups is 1. The molecule has 8 nitrogen and oxygen atoms in total. The van der Waals surface area contributed by atoms with Crippen molar-refractivity contribution in [3.8, 4) is 11.5 Å². The van der Waals surface area contributed by atoms with Crippen LogP contribution in [0.25, 0.3) is 0 Å². The Hall–Kier alpha value is -3.27. The maximum Gasteiger partial charge on any atom is 0.340 e. The van der Waals surface area contributed by atoms with E-state index in [0.717, 1.165) is 5.56 Å². The number of benzene rings is 3. The van der Waals surface area contributed by atoms with Gasteiger partial charge in [0.2, 0.25) is 0 Å². The van der Waals surface area contributed by atoms with Crippen LogP contribution in [0.2, 0.25) is 5.02 Å². The molecule has 0 heterocycles. The third-order valence-corrected chi connectivity index (χ3v) is 7.25. The van der Waals surface area contributed by atoms with Crippen molar-refractivity contribution < 1.29 is 22.1 Å². The lowest BCUT2D eigenvalue weighted by Gasteiger charge is -2.25. The summed E-state index contributed by atoms with van der Waals surface area (Å²) in [6.45, 7) is 3.11. The van der Waals surface area contributed by atoms with Gasteiger partial charge in [-0.1, -0.05) is 48.0 Å². The minimum absolute atomic E-state index is 0.0568. The van der Waals surface area contributed by atoms with Crippen LogP contribution >= 0.6 is 11.6 Å². The van der Waals surface area contributed by atoms with Gasteiger partial charge in [0.05, 0.1) is 17.8 Å². The van der Waals surface area contributed by atoms with Gasteiger partial charge in [-0.25, -0.2) is 4.79 Å². The molecule has 3 aromatic rings. The van der Waals surface area contributed by atoms with Crippen LogP contribution in [0, 0.1) is 6.92 Å². The molecule has 0 aromatic heterocycles. The number of methoxy groups -OCH3 is 1. The van der Waals surface area contributed by atoms with Gasteiger partial charge in [-0.15, -0.1) is 0 Å². The van der Waals surface area contributed by atoms with E-state index >= 15 is 0 Å². The maximum atomic E-state index is 13.1. The Kier molecular flexibility index (Phi) is 9.19. The fourth-order valence-corrected chi connectivity index (χ4v) is 5.21. The summed E-state index contributed by atoms with van der Waals surface area (Å²) in [5, 5.41) is 3.00. The number of ether oxygens (including phenoxy) is 1. The molecule has 0 aliphatic rings. The number of rotatable bonds is 10. The van der Waals surface area contributed by atoms with Crippen molar-refractivity contribution >= 4 is 33.4 Å². The molecule has 0 radical (unpaired) electrons. The predicted molar refractivity (Wildman–Crippen MR) is 141 cm³/mol. The number of nitrogens with zero attached hydrogens (tertiary/aromatic N) is 2. The number of aryl methyl sites for hydroxylation is 1. The Labute approximate surface area is 217 Å². The molecule has 36 heavy (non-hydrogen) atoms. The molecule has 0 aliphatic heterocycles. The summed E-state index contributed by atoms with van der Waals surface area (Å²) in [4.78, 5) is 16.7. The summed E-state index contributed by atoms with van der Waals surface area (Å²) in [5.41, 5.74) is 1.88. The van der Waals surface area contributed by atoms with Gasteiger partial charge in [0.25, 0.3) is 0 Å². The third-order valence-electron chi connectivity index (χ3n) is 5.37. The lowest BCUT2D eigenvalue weighted by Crippen LogP contribution is -2.39. The van der Waals surface area contributed by atoms with E-state index in [1.807, 2.05) is 31.1 Å². The average Bonchev–Trinajstić information content (AvgIpc) is 2.82. The average molecular weight is 532 g/mol. The second-order valence-electron chi connectivity index (χ2n) is 8.42. The van der Waals surface area contributed by atoms with Crippen molar-refractivity contribution in [2.45, 2.75) is 18.4 Å². The van der Waals surface area contributed by atoms with Gasteiger partial charge in [-0.2, -0.15) is 8.42 Å². The van der Waals surface area contributed by atoms with E-state index in [-0.39, 0.29) is 21.7 Å². The SMILES string of the molecule is COc1ccccc1NC(=O)N(CCN(C)C)Cc1ccc(OS(=O)(=O)c2c(C)cccc2Cl)cc1. The van der Waals surface area contributed by atoms with Crippen LogP contribution in [-0.4, -0.2) is 58.5 Å². The predicted octanol–water partition coefficient (Wildman–Crippen LogP) is 5.02. The van der Waals surface area contributed by atoms with Crippen LogP contribution in [0.5, 0.6) is 11.5 Å². The molecule has 0 atom stereocenters. The summed E-state index contributed by atoms with van der Waals surface area (Å²) >= 11 is 6.11. The van der Waals surface area contributed by atoms with Gasteiger partial charge in [-0.3, -0.25) is 0 Å². The molecule has 0 unspecified atom stereocenters. The molecule has 3 rings (SSSR count). The van der Waals surface area contributed by atoms with Crippen molar-refractivity contribution in [3.63, 3.8) is 0 Å². The third kappa shape index (κ3) is 7.13. The molecule has 0 saturated carbocycles. The first kappa shape index (κ1) is 27.3. The highest BCUT2D eigenvalue weighted by Crippen LogP contribution is 2.28. The lowest BCUT2D eigenvalue weighted by molar-refractivity contribution is 0.202. The summed E-state index contributed by atoms with van der Waals surface area (Å²) < 4.78 is 36.2. The molecular weight excluding hydrogens is 502 g/mol. The second-order valence-corrected chi connectivity index (χ2v) is 10.3. The zero-order valence-electron chi connectivity index (χ0n) is 20.7. The Balaban J connectivity index is 1.75. The van der Waals surface area contributed by atoms with Crippen LogP contribution in [-0.2, 0) is 16.7 Å². The van der Waals surface area contributed by atoms with Crippen LogP contribution in [0.1, 0.15) is 11.1 Å². The van der Waals surface area contributed by atoms with Gasteiger partial charge >= 0.3 is 16.1 Å². The van der Waals surface area contributed by atoms with Gasteiger partial charge in [-0.05, 0) is 62.5 Å². The smallest absolute Gasteiger partial charge is 0.340 e. The van der Waals surface area contributed by atoms with Gasteiger partial charge in [0.1, 0.15) is 16.4 Å². The summed E-state index contributed by atoms with van der Waals surface area (Å²) in [6.07, 6.45) is 0. The van der Waals surface area contributed by atoms with Crippen molar-refractivity contribution in [1.82, 2.24) is 9.80 Å². The highest BCUT2D eigenvalue weighted by atomic mass is 35.5. The van der Waals surface area contributed by atoms with Crippen LogP contribution in [0.4, 0.5) is 10.5 Å². The molecule has 0 saturated heterocycles. The van der Waals surface area contributed by atoms with Crippen molar-refractivity contribution in [1.29, 1.82) is 0 Å². The van der Waals surface area contributed by atoms with E-state index < -0.39 is 10.1 Å². The molecule has 1 N–H and O–H groups in total. The number of hydrogen-bond donors (Lipinski definition) is 1. The van der Waals surface area contributed by atoms with Crippen LogP contribution < -0.4 is 14.2 Å². The first-order valence-corrected chi connectivity index (χ1v) is 13.0. The van der Waals surface area contributed by atoms with Gasteiger partial charge in [0, 0.05) is 19.6 Å². The Bertz CT molecular complexity index is 1280. The second kappa shape index (κ2) is 12.1. The number of hydrogen-bond acceptors (Lipinski definition) is 6. The standard InChI is InChI=1S/C26H30ClN3O5S/c1-19-8-7-9-22(27)25(19)36(32,33)35-21-14-12-20(13-15-21)18-30(17-16-29(2)3)26(31)28-23-10-5-6-11-24(23)34-4/h5-15H,16-18H2,1-4H3,(H,28,31). The maximum absolute atomic E-state index is 13.1. The number of carbonyl (C=O) groups is 1. The largest absolute Gasteiger partial charge is 0.495 e. The Morgan fingerprint density at radius 3 is 2.31 bits per heavy atom. The topological polar surface area (TPSA) is 88.2 Å². The highest BCUT2D eigenvalue weighted by molar-refractivity contribution is 7.87. The minimum atomic E-state index is -4.11. The first-order chi connectivity index (χ1) is 17.1. The fraction of sp³-hybridized carbons (Fsp3) is 0.269. The van der Waals surface area contributed by atoms with Crippen LogP contribution in [0.15, 0.2) is 71.6 Å². The molecule has 0 aliphatic carbocycles. The van der Waals surface area contributed by atoms with Gasteiger partial charge in [0.15, 0.2) is 0 Å². The number of nitrogens with one attached hydrogen (secondary N) is 1. The molecule has 0 spiro atoms. The molecule has 0 fully saturated rings. The zero-order chi connectivity index (χ0) is 26.3. The number of para-hydroxylation sites is 2. The lowest BCUT2D eigenvalue weighted by atomic mass is 10.2. The first-order valence-electron chi connectivity index (χ1n) is 11.2. The zero-order valence-corrected chi connectivity index (χ0v) is 22.3. The molecule has 192 valence electrons. The number of likely N-dealkylation sites (N-methyl/N-ethyl adjacent to an activating group) is 1.